The summed E-state index contributed by atoms with van der Waals surface area (Å²) < 4.78 is 8.47. The van der Waals surface area contributed by atoms with Gasteiger partial charge < -0.3 is 14.4 Å². The number of fused-ring (bicyclic) bond motifs is 1. The van der Waals surface area contributed by atoms with Crippen molar-refractivity contribution in [2.75, 3.05) is 19.7 Å². The lowest BCUT2D eigenvalue weighted by Crippen LogP contribution is -2.35. The molecule has 1 aliphatic heterocycles. The predicted octanol–water partition coefficient (Wildman–Crippen LogP) is 4.43. The van der Waals surface area contributed by atoms with Crippen LogP contribution in [0.15, 0.2) is 24.4 Å². The van der Waals surface area contributed by atoms with Gasteiger partial charge in [0.2, 0.25) is 0 Å². The second-order valence-corrected chi connectivity index (χ2v) is 8.97. The number of aromatic nitrogens is 1. The summed E-state index contributed by atoms with van der Waals surface area (Å²) in [5.74, 6) is 2.48. The van der Waals surface area contributed by atoms with Gasteiger partial charge in [0.15, 0.2) is 0 Å². The maximum Gasteiger partial charge on any atom is 0.120 e. The molecule has 1 aromatic carbocycles. The van der Waals surface area contributed by atoms with Crippen LogP contribution in [0.5, 0.6) is 5.75 Å². The summed E-state index contributed by atoms with van der Waals surface area (Å²) in [4.78, 5) is 2.48. The maximum absolute atomic E-state index is 9.79. The summed E-state index contributed by atoms with van der Waals surface area (Å²) in [6.07, 6.45) is 7.85. The Morgan fingerprint density at radius 3 is 2.63 bits per heavy atom. The van der Waals surface area contributed by atoms with Crippen LogP contribution in [0.2, 0.25) is 0 Å². The van der Waals surface area contributed by atoms with Gasteiger partial charge in [-0.2, -0.15) is 0 Å². The fraction of sp³-hybridized carbons (Fsp3) is 0.652. The van der Waals surface area contributed by atoms with Gasteiger partial charge in [0.1, 0.15) is 5.75 Å². The average Bonchev–Trinajstić information content (AvgIpc) is 3.43. The minimum atomic E-state index is -0.115. The molecule has 148 valence electrons. The molecule has 0 amide bonds. The minimum Gasteiger partial charge on any atom is -0.493 e. The zero-order chi connectivity index (χ0) is 18.8. The first-order valence-electron chi connectivity index (χ1n) is 10.7. The van der Waals surface area contributed by atoms with Crippen LogP contribution in [-0.4, -0.2) is 40.4 Å². The molecule has 4 heteroatoms. The van der Waals surface area contributed by atoms with E-state index in [1.54, 1.807) is 0 Å². The van der Waals surface area contributed by atoms with E-state index in [2.05, 4.69) is 47.7 Å². The third kappa shape index (κ3) is 4.85. The first kappa shape index (κ1) is 18.8. The second-order valence-electron chi connectivity index (χ2n) is 8.97. The fourth-order valence-electron chi connectivity index (χ4n) is 3.97. The third-order valence-electron chi connectivity index (χ3n) is 6.02. The van der Waals surface area contributed by atoms with Gasteiger partial charge in [-0.05, 0) is 67.7 Å². The van der Waals surface area contributed by atoms with Gasteiger partial charge in [-0.3, -0.25) is 4.90 Å². The Morgan fingerprint density at radius 2 is 1.93 bits per heavy atom. The fourth-order valence-corrected chi connectivity index (χ4v) is 3.97. The molecule has 1 aromatic heterocycles. The van der Waals surface area contributed by atoms with Gasteiger partial charge in [0, 0.05) is 43.3 Å². The van der Waals surface area contributed by atoms with E-state index in [0.717, 1.165) is 57.3 Å². The molecule has 2 aromatic rings. The van der Waals surface area contributed by atoms with Crippen molar-refractivity contribution in [3.05, 3.63) is 30.0 Å². The summed E-state index contributed by atoms with van der Waals surface area (Å²) in [7, 11) is 0. The van der Waals surface area contributed by atoms with Crippen molar-refractivity contribution in [2.24, 2.45) is 11.8 Å². The monoisotopic (exact) mass is 370 g/mol. The summed E-state index contributed by atoms with van der Waals surface area (Å²) >= 11 is 0. The highest BCUT2D eigenvalue weighted by Gasteiger charge is 2.22. The first-order valence-corrected chi connectivity index (χ1v) is 10.7. The van der Waals surface area contributed by atoms with Gasteiger partial charge in [-0.15, -0.1) is 0 Å². The van der Waals surface area contributed by atoms with Gasteiger partial charge in [0.25, 0.3) is 0 Å². The van der Waals surface area contributed by atoms with E-state index in [-0.39, 0.29) is 6.10 Å². The molecule has 2 heterocycles. The number of likely N-dealkylation sites (tertiary alicyclic amines) is 1. The number of nitrogens with zero attached hydrogens (tertiary/aromatic N) is 2. The lowest BCUT2D eigenvalue weighted by Gasteiger charge is -2.29. The molecule has 0 bridgehead atoms. The molecule has 1 saturated carbocycles. The summed E-state index contributed by atoms with van der Waals surface area (Å²) in [5, 5.41) is 11.1. The maximum atomic E-state index is 9.79. The molecule has 2 fully saturated rings. The number of ether oxygens (including phenoxy) is 1. The largest absolute Gasteiger partial charge is 0.493 e. The van der Waals surface area contributed by atoms with E-state index in [9.17, 15) is 5.11 Å². The molecule has 1 N–H and O–H groups in total. The van der Waals surface area contributed by atoms with Crippen molar-refractivity contribution in [1.29, 1.82) is 0 Å². The van der Waals surface area contributed by atoms with Crippen LogP contribution in [0.4, 0.5) is 0 Å². The van der Waals surface area contributed by atoms with E-state index in [4.69, 9.17) is 4.74 Å². The van der Waals surface area contributed by atoms with E-state index in [1.807, 2.05) is 0 Å². The molecule has 1 saturated heterocycles. The van der Waals surface area contributed by atoms with Crippen LogP contribution in [0.3, 0.4) is 0 Å². The lowest BCUT2D eigenvalue weighted by molar-refractivity contribution is 0.0794. The number of hydrogen-bond acceptors (Lipinski definition) is 3. The minimum absolute atomic E-state index is 0.115. The van der Waals surface area contributed by atoms with Crippen molar-refractivity contribution in [3.63, 3.8) is 0 Å². The Kier molecular flexibility index (Phi) is 5.74. The normalized spacial score (nSPS) is 19.3. The first-order chi connectivity index (χ1) is 13.1. The SMILES string of the molecule is CC(C)CCn1cc(CN2CCC(O)CC2)c2cc(OCC3CC3)ccc21. The van der Waals surface area contributed by atoms with Gasteiger partial charge in [-0.25, -0.2) is 0 Å². The Labute approximate surface area is 163 Å². The number of aryl methyl sites for hydroxylation is 1. The molecule has 0 atom stereocenters. The van der Waals surface area contributed by atoms with Crippen LogP contribution in [0, 0.1) is 11.8 Å². The average molecular weight is 371 g/mol. The Hall–Kier alpha value is -1.52. The molecule has 4 rings (SSSR count). The zero-order valence-corrected chi connectivity index (χ0v) is 16.9. The molecule has 4 nitrogen and oxygen atoms in total. The topological polar surface area (TPSA) is 37.6 Å². The molecule has 2 aliphatic rings. The van der Waals surface area contributed by atoms with E-state index < -0.39 is 0 Å². The zero-order valence-electron chi connectivity index (χ0n) is 16.9. The molecule has 0 radical (unpaired) electrons. The number of aliphatic hydroxyl groups is 1. The lowest BCUT2D eigenvalue weighted by atomic mass is 10.1. The van der Waals surface area contributed by atoms with Crippen molar-refractivity contribution >= 4 is 10.9 Å². The number of rotatable bonds is 8. The second kappa shape index (κ2) is 8.24. The van der Waals surface area contributed by atoms with E-state index in [0.29, 0.717) is 5.92 Å². The molecule has 27 heavy (non-hydrogen) atoms. The summed E-state index contributed by atoms with van der Waals surface area (Å²) in [6.45, 7) is 9.43. The van der Waals surface area contributed by atoms with E-state index >= 15 is 0 Å². The van der Waals surface area contributed by atoms with Crippen LogP contribution >= 0.6 is 0 Å². The number of benzene rings is 1. The number of hydrogen-bond donors (Lipinski definition) is 1. The van der Waals surface area contributed by atoms with Crippen molar-refractivity contribution in [2.45, 2.75) is 65.1 Å². The number of aliphatic hydroxyl groups excluding tert-OH is 1. The molecule has 1 aliphatic carbocycles. The quantitative estimate of drug-likeness (QED) is 0.747. The summed E-state index contributed by atoms with van der Waals surface area (Å²) in [6, 6.07) is 6.62. The van der Waals surface area contributed by atoms with Crippen LogP contribution in [-0.2, 0) is 13.1 Å². The van der Waals surface area contributed by atoms with Gasteiger partial charge in [0.05, 0.1) is 12.7 Å². The van der Waals surface area contributed by atoms with Crippen molar-refractivity contribution in [1.82, 2.24) is 9.47 Å². The molecular formula is C23H34N2O2. The Balaban J connectivity index is 1.56. The Bertz CT molecular complexity index is 755. The van der Waals surface area contributed by atoms with E-state index in [1.165, 1.54) is 35.7 Å². The van der Waals surface area contributed by atoms with Crippen LogP contribution in [0.1, 0.15) is 51.5 Å². The van der Waals surface area contributed by atoms with Crippen LogP contribution in [0.25, 0.3) is 10.9 Å². The van der Waals surface area contributed by atoms with Gasteiger partial charge in [-0.1, -0.05) is 13.8 Å². The predicted molar refractivity (Wildman–Crippen MR) is 110 cm³/mol. The van der Waals surface area contributed by atoms with Gasteiger partial charge >= 0.3 is 0 Å². The number of piperidine rings is 1. The Morgan fingerprint density at radius 1 is 1.15 bits per heavy atom. The smallest absolute Gasteiger partial charge is 0.120 e. The van der Waals surface area contributed by atoms with Crippen molar-refractivity contribution < 1.29 is 9.84 Å². The highest BCUT2D eigenvalue weighted by Crippen LogP contribution is 2.32. The highest BCUT2D eigenvalue weighted by molar-refractivity contribution is 5.85. The molecular weight excluding hydrogens is 336 g/mol. The third-order valence-corrected chi connectivity index (χ3v) is 6.02. The molecule has 0 unspecified atom stereocenters. The van der Waals surface area contributed by atoms with Crippen LogP contribution < -0.4 is 4.74 Å². The molecule has 0 spiro atoms. The standard InChI is InChI=1S/C23H34N2O2/c1-17(2)7-12-25-15-19(14-24-10-8-20(26)9-11-24)22-13-21(5-6-23(22)25)27-16-18-3-4-18/h5-6,13,15,17-18,20,26H,3-4,7-12,14,16H2,1-2H3. The summed E-state index contributed by atoms with van der Waals surface area (Å²) in [5.41, 5.74) is 2.71. The highest BCUT2D eigenvalue weighted by atomic mass is 16.5. The van der Waals surface area contributed by atoms with Crippen molar-refractivity contribution in [3.8, 4) is 5.75 Å².